The monoisotopic (exact) mass is 979 g/mol. The lowest BCUT2D eigenvalue weighted by Crippen LogP contribution is -2.40. The third-order valence-electron chi connectivity index (χ3n) is 11.3. The number of ether oxygens (including phenoxy) is 2. The minimum absolute atomic E-state index is 0.00362. The average molecular weight is 980 g/mol. The number of hydrogen-bond acceptors (Lipinski definition) is 16. The summed E-state index contributed by atoms with van der Waals surface area (Å²) < 4.78 is 18.3. The smallest absolute Gasteiger partial charge is 0.508 e. The number of aromatic carboxylic acids is 1. The molecule has 3 aromatic heterocycles. The van der Waals surface area contributed by atoms with E-state index in [0.717, 1.165) is 49.6 Å². The van der Waals surface area contributed by atoms with Crippen LogP contribution in [0.5, 0.6) is 5.75 Å². The quantitative estimate of drug-likeness (QED) is 0.0150. The van der Waals surface area contributed by atoms with Gasteiger partial charge in [0.05, 0.1) is 24.2 Å². The number of phenols is 1. The van der Waals surface area contributed by atoms with Crippen LogP contribution in [-0.4, -0.2) is 109 Å². The highest BCUT2D eigenvalue weighted by molar-refractivity contribution is 8.76. The zero-order chi connectivity index (χ0) is 47.7. The SMILES string of the molecule is Cc1cc2c([nH]c(=O)n2Cc2ccc(NCCN3CCCC(COC(=O)OCCSSCCNC(=S)Nc4ccc(-c5c6ccc(=O)cc-6oc6cc(O)ccc56)c(C(=O)O)c4)C3)nc2)c(N)n1. The normalized spacial score (nSPS) is 14.0. The van der Waals surface area contributed by atoms with E-state index < -0.39 is 12.1 Å². The van der Waals surface area contributed by atoms with E-state index in [9.17, 15) is 29.4 Å². The second-order valence-corrected chi connectivity index (χ2v) is 19.3. The number of nitrogens with two attached hydrogens (primary N) is 1. The summed E-state index contributed by atoms with van der Waals surface area (Å²) >= 11 is 5.48. The number of nitrogens with one attached hydrogen (secondary N) is 4. The van der Waals surface area contributed by atoms with Crippen LogP contribution in [0.15, 0.2) is 93.0 Å². The summed E-state index contributed by atoms with van der Waals surface area (Å²) in [5, 5.41) is 30.8. The van der Waals surface area contributed by atoms with Crippen molar-refractivity contribution in [2.24, 2.45) is 5.92 Å². The standard InChI is InChI=1S/C47H49N9O9S3/c1-27-19-37-42(43(48)52-27)54-46(61)56(37)25-28-4-11-40(51-23-28)49-12-15-55-14-2-3-29(24-55)26-64-47(62)63-16-18-68-67-17-13-50-45(66)53-30-5-8-33(36(20-30)44(59)60)41-34-9-6-31(57)21-38(34)65-39-22-32(58)7-10-35(39)41/h4-11,19-23,29,57H,2-3,12-18,24-26H2,1H3,(H2,48,52)(H,49,51)(H,54,61)(H,59,60)(H2,50,53,66). The Labute approximate surface area is 402 Å². The minimum atomic E-state index is -1.16. The van der Waals surface area contributed by atoms with Crippen LogP contribution in [0, 0.1) is 12.8 Å². The summed E-state index contributed by atoms with van der Waals surface area (Å²) in [5.41, 5.74) is 10.6. The second-order valence-electron chi connectivity index (χ2n) is 16.2. The number of aromatic hydroxyl groups is 1. The van der Waals surface area contributed by atoms with Crippen molar-refractivity contribution in [2.45, 2.75) is 26.3 Å². The van der Waals surface area contributed by atoms with Crippen LogP contribution in [-0.2, 0) is 16.0 Å². The van der Waals surface area contributed by atoms with Crippen molar-refractivity contribution in [3.63, 3.8) is 0 Å². The van der Waals surface area contributed by atoms with Gasteiger partial charge in [0.1, 0.15) is 40.9 Å². The van der Waals surface area contributed by atoms with Crippen molar-refractivity contribution < 1.29 is 33.7 Å². The predicted molar refractivity (Wildman–Crippen MR) is 270 cm³/mol. The Morgan fingerprint density at radius 1 is 1.01 bits per heavy atom. The molecule has 5 aromatic rings. The van der Waals surface area contributed by atoms with Gasteiger partial charge in [0.2, 0.25) is 0 Å². The number of anilines is 3. The molecule has 1 aliphatic carbocycles. The maximum Gasteiger partial charge on any atom is 0.508 e. The first-order valence-corrected chi connectivity index (χ1v) is 24.7. The maximum atomic E-state index is 12.6. The fourth-order valence-electron chi connectivity index (χ4n) is 8.15. The molecule has 1 atom stereocenters. The lowest BCUT2D eigenvalue weighted by atomic mass is 9.90. The number of nitrogen functional groups attached to an aromatic ring is 1. The molecular formula is C47H49N9O9S3. The van der Waals surface area contributed by atoms with Gasteiger partial charge in [-0.1, -0.05) is 33.7 Å². The van der Waals surface area contributed by atoms with Gasteiger partial charge in [-0.15, -0.1) is 0 Å². The number of likely N-dealkylation sites (tertiary alicyclic amines) is 1. The Morgan fingerprint density at radius 2 is 1.85 bits per heavy atom. The van der Waals surface area contributed by atoms with Gasteiger partial charge in [0.15, 0.2) is 10.5 Å². The number of thiocarbonyl (C=S) groups is 1. The summed E-state index contributed by atoms with van der Waals surface area (Å²) in [5.74, 6) is 1.59. The molecule has 0 spiro atoms. The first kappa shape index (κ1) is 47.7. The van der Waals surface area contributed by atoms with E-state index in [4.69, 9.17) is 31.8 Å². The van der Waals surface area contributed by atoms with E-state index in [-0.39, 0.29) is 40.7 Å². The third kappa shape index (κ3) is 11.8. The first-order chi connectivity index (χ1) is 32.9. The molecule has 18 nitrogen and oxygen atoms in total. The molecule has 1 fully saturated rings. The molecule has 1 saturated heterocycles. The van der Waals surface area contributed by atoms with Crippen LogP contribution in [0.3, 0.4) is 0 Å². The largest absolute Gasteiger partial charge is 0.508 e. The van der Waals surface area contributed by atoms with E-state index in [0.29, 0.717) is 93.1 Å². The molecule has 3 aliphatic rings. The van der Waals surface area contributed by atoms with Gasteiger partial charge in [0.25, 0.3) is 0 Å². The van der Waals surface area contributed by atoms with Crippen molar-refractivity contribution in [3.8, 4) is 28.2 Å². The number of rotatable bonds is 18. The molecule has 0 amide bonds. The van der Waals surface area contributed by atoms with Gasteiger partial charge in [-0.25, -0.2) is 24.4 Å². The van der Waals surface area contributed by atoms with Gasteiger partial charge >= 0.3 is 17.8 Å². The Kier molecular flexibility index (Phi) is 15.3. The molecular weight excluding hydrogens is 931 g/mol. The number of benzene rings is 3. The van der Waals surface area contributed by atoms with Crippen molar-refractivity contribution in [3.05, 3.63) is 117 Å². The Balaban J connectivity index is 0.696. The first-order valence-electron chi connectivity index (χ1n) is 21.8. The van der Waals surface area contributed by atoms with Crippen LogP contribution >= 0.6 is 33.8 Å². The predicted octanol–water partition coefficient (Wildman–Crippen LogP) is 6.99. The van der Waals surface area contributed by atoms with Gasteiger partial charge in [0, 0.05) is 89.8 Å². The molecule has 1 unspecified atom stereocenters. The summed E-state index contributed by atoms with van der Waals surface area (Å²) in [4.78, 5) is 63.6. The highest BCUT2D eigenvalue weighted by atomic mass is 33.1. The molecule has 8 rings (SSSR count). The summed E-state index contributed by atoms with van der Waals surface area (Å²) in [6.45, 7) is 6.50. The fourth-order valence-corrected chi connectivity index (χ4v) is 10.1. The number of nitrogens with zero attached hydrogens (tertiary/aromatic N) is 4. The number of fused-ring (bicyclic) bond motifs is 3. The van der Waals surface area contributed by atoms with E-state index in [2.05, 4.69) is 35.8 Å². The Morgan fingerprint density at radius 3 is 2.68 bits per heavy atom. The van der Waals surface area contributed by atoms with Crippen molar-refractivity contribution in [1.29, 1.82) is 0 Å². The number of aryl methyl sites for hydroxylation is 1. The Hall–Kier alpha value is -6.81. The number of hydrogen-bond donors (Lipinski definition) is 7. The lowest BCUT2D eigenvalue weighted by molar-refractivity contribution is 0.0354. The molecule has 0 saturated carbocycles. The van der Waals surface area contributed by atoms with E-state index in [1.807, 2.05) is 25.1 Å². The van der Waals surface area contributed by atoms with Crippen LogP contribution in [0.1, 0.15) is 34.5 Å². The number of H-pyrrole nitrogens is 1. The van der Waals surface area contributed by atoms with Crippen LogP contribution in [0.4, 0.5) is 22.1 Å². The number of carboxylic acid groups (broad SMARTS) is 1. The third-order valence-corrected chi connectivity index (χ3v) is 13.9. The van der Waals surface area contributed by atoms with Crippen LogP contribution in [0.25, 0.3) is 44.5 Å². The summed E-state index contributed by atoms with van der Waals surface area (Å²) in [7, 11) is 3.14. The van der Waals surface area contributed by atoms with Gasteiger partial charge in [-0.2, -0.15) is 0 Å². The number of carbonyl (C=O) groups excluding carboxylic acids is 1. The van der Waals surface area contributed by atoms with Crippen LogP contribution in [0.2, 0.25) is 0 Å². The van der Waals surface area contributed by atoms with Crippen molar-refractivity contribution in [2.75, 3.05) is 73.8 Å². The topological polar surface area (TPSA) is 252 Å². The molecule has 68 heavy (non-hydrogen) atoms. The molecule has 0 bridgehead atoms. The van der Waals surface area contributed by atoms with Crippen molar-refractivity contribution in [1.82, 2.24) is 29.7 Å². The number of carbonyl (C=O) groups is 2. The fraction of sp³-hybridized carbons (Fsp3) is 0.298. The van der Waals surface area contributed by atoms with E-state index in [1.165, 1.54) is 30.3 Å². The highest BCUT2D eigenvalue weighted by Gasteiger charge is 2.24. The maximum absolute atomic E-state index is 12.6. The number of piperidine rings is 1. The van der Waals surface area contributed by atoms with E-state index in [1.54, 1.807) is 56.6 Å². The number of aromatic amines is 1. The van der Waals surface area contributed by atoms with Crippen molar-refractivity contribution >= 4 is 90.4 Å². The average Bonchev–Trinajstić information content (AvgIpc) is 3.62. The summed E-state index contributed by atoms with van der Waals surface area (Å²) in [6.07, 6.45) is 3.06. The number of carboxylic acids is 1. The molecule has 5 heterocycles. The summed E-state index contributed by atoms with van der Waals surface area (Å²) in [6, 6.07) is 19.5. The van der Waals surface area contributed by atoms with Gasteiger partial charge < -0.3 is 55.7 Å². The minimum Gasteiger partial charge on any atom is -0.508 e. The Bertz CT molecular complexity index is 3050. The lowest BCUT2D eigenvalue weighted by Gasteiger charge is -2.32. The number of imidazole rings is 1. The molecule has 354 valence electrons. The molecule has 2 aliphatic heterocycles. The number of pyridine rings is 2. The number of phenolic OH excluding ortho intramolecular Hbond substituents is 1. The molecule has 8 N–H and O–H groups in total. The zero-order valence-electron chi connectivity index (χ0n) is 36.9. The molecule has 2 aromatic carbocycles. The van der Waals surface area contributed by atoms with Crippen LogP contribution < -0.4 is 32.8 Å². The molecule has 21 heteroatoms. The molecule has 0 radical (unpaired) electrons. The zero-order valence-corrected chi connectivity index (χ0v) is 39.4. The van der Waals surface area contributed by atoms with E-state index >= 15 is 0 Å². The number of aromatic nitrogens is 4. The van der Waals surface area contributed by atoms with Gasteiger partial charge in [-0.3, -0.25) is 9.36 Å². The second kappa shape index (κ2) is 21.9. The highest BCUT2D eigenvalue weighted by Crippen LogP contribution is 2.42. The van der Waals surface area contributed by atoms with Gasteiger partial charge in [-0.05, 0) is 98.2 Å².